The maximum absolute atomic E-state index is 10.7. The molecule has 1 heterocycles. The highest BCUT2D eigenvalue weighted by molar-refractivity contribution is 8.02. The van der Waals surface area contributed by atoms with E-state index in [4.69, 9.17) is 10.8 Å². The molecule has 0 aliphatic carbocycles. The third-order valence-electron chi connectivity index (χ3n) is 1.41. The van der Waals surface area contributed by atoms with Gasteiger partial charge in [0, 0.05) is 0 Å². The lowest BCUT2D eigenvalue weighted by Gasteiger charge is -2.05. The summed E-state index contributed by atoms with van der Waals surface area (Å²) in [7, 11) is 0. The van der Waals surface area contributed by atoms with Gasteiger partial charge in [-0.1, -0.05) is 30.0 Å². The summed E-state index contributed by atoms with van der Waals surface area (Å²) in [5, 5.41) is 8.85. The number of anilines is 1. The lowest BCUT2D eigenvalue weighted by Crippen LogP contribution is -2.14. The molecule has 72 valence electrons. The van der Waals surface area contributed by atoms with Crippen LogP contribution in [0.15, 0.2) is 10.4 Å². The quantitative estimate of drug-likeness (QED) is 0.752. The number of thioether (sulfide) groups is 1. The van der Waals surface area contributed by atoms with E-state index < -0.39 is 11.2 Å². The molecule has 0 aliphatic heterocycles. The van der Waals surface area contributed by atoms with Crippen molar-refractivity contribution in [2.24, 2.45) is 0 Å². The van der Waals surface area contributed by atoms with E-state index in [0.717, 1.165) is 4.21 Å². The average Bonchev–Trinajstić information content (AvgIpc) is 2.46. The molecule has 1 rings (SSSR count). The Kier molecular flexibility index (Phi) is 3.56. The molecule has 6 heteroatoms. The molecule has 0 amide bonds. The van der Waals surface area contributed by atoms with Crippen LogP contribution in [0.4, 0.5) is 5.13 Å². The van der Waals surface area contributed by atoms with Gasteiger partial charge >= 0.3 is 5.97 Å². The van der Waals surface area contributed by atoms with Crippen molar-refractivity contribution in [1.29, 1.82) is 0 Å². The fourth-order valence-corrected chi connectivity index (χ4v) is 2.65. The zero-order valence-electron chi connectivity index (χ0n) is 7.06. The molecule has 3 N–H and O–H groups in total. The Hall–Kier alpha value is -0.750. The second-order valence-electron chi connectivity index (χ2n) is 2.37. The molecule has 1 aromatic rings. The number of aliphatic carboxylic acids is 1. The number of carboxylic acids is 1. The number of hydrogen-bond acceptors (Lipinski definition) is 5. The van der Waals surface area contributed by atoms with Crippen molar-refractivity contribution >= 4 is 34.2 Å². The lowest BCUT2D eigenvalue weighted by molar-refractivity contribution is -0.136. The van der Waals surface area contributed by atoms with E-state index in [1.165, 1.54) is 23.1 Å². The van der Waals surface area contributed by atoms with Crippen molar-refractivity contribution in [2.75, 3.05) is 5.73 Å². The molecule has 4 nitrogen and oxygen atoms in total. The van der Waals surface area contributed by atoms with Gasteiger partial charge in [-0.05, 0) is 6.42 Å². The van der Waals surface area contributed by atoms with Gasteiger partial charge in [0.15, 0.2) is 5.13 Å². The standard InChI is InChI=1S/C7H10N2O2S2/c1-2-4(6(10)11)12-5-3-9-7(8)13-5/h3-4H,2H2,1H3,(H2,8,9)(H,10,11). The van der Waals surface area contributed by atoms with Crippen LogP contribution in [0.2, 0.25) is 0 Å². The molecule has 0 aliphatic rings. The Morgan fingerprint density at radius 1 is 1.92 bits per heavy atom. The molecule has 1 unspecified atom stereocenters. The molecule has 0 saturated carbocycles. The molecule has 1 aromatic heterocycles. The minimum absolute atomic E-state index is 0.403. The van der Waals surface area contributed by atoms with Crippen LogP contribution < -0.4 is 5.73 Å². The summed E-state index contributed by atoms with van der Waals surface area (Å²) in [5.41, 5.74) is 5.42. The van der Waals surface area contributed by atoms with Gasteiger partial charge in [-0.15, -0.1) is 0 Å². The molecular weight excluding hydrogens is 208 g/mol. The van der Waals surface area contributed by atoms with Gasteiger partial charge in [-0.2, -0.15) is 0 Å². The number of rotatable bonds is 4. The molecule has 0 spiro atoms. The zero-order chi connectivity index (χ0) is 9.84. The van der Waals surface area contributed by atoms with Crippen LogP contribution in [0, 0.1) is 0 Å². The smallest absolute Gasteiger partial charge is 0.317 e. The van der Waals surface area contributed by atoms with Crippen molar-refractivity contribution in [3.8, 4) is 0 Å². The highest BCUT2D eigenvalue weighted by atomic mass is 32.2. The van der Waals surface area contributed by atoms with Crippen molar-refractivity contribution in [1.82, 2.24) is 4.98 Å². The molecule has 0 saturated heterocycles. The monoisotopic (exact) mass is 218 g/mol. The van der Waals surface area contributed by atoms with E-state index in [2.05, 4.69) is 4.98 Å². The van der Waals surface area contributed by atoms with E-state index in [1.54, 1.807) is 6.20 Å². The maximum Gasteiger partial charge on any atom is 0.317 e. The number of thiazole rings is 1. The fourth-order valence-electron chi connectivity index (χ4n) is 0.775. The summed E-state index contributed by atoms with van der Waals surface area (Å²) in [5.74, 6) is -0.792. The molecule has 0 fully saturated rings. The summed E-state index contributed by atoms with van der Waals surface area (Å²) < 4.78 is 0.853. The van der Waals surface area contributed by atoms with Crippen LogP contribution in [-0.2, 0) is 4.79 Å². The largest absolute Gasteiger partial charge is 0.480 e. The first-order valence-corrected chi connectivity index (χ1v) is 5.44. The maximum atomic E-state index is 10.7. The second kappa shape index (κ2) is 4.48. The first-order chi connectivity index (χ1) is 6.13. The molecule has 0 bridgehead atoms. The molecule has 13 heavy (non-hydrogen) atoms. The van der Waals surface area contributed by atoms with Crippen LogP contribution in [0.3, 0.4) is 0 Å². The van der Waals surface area contributed by atoms with Crippen molar-refractivity contribution in [2.45, 2.75) is 22.8 Å². The molecule has 0 aromatic carbocycles. The van der Waals surface area contributed by atoms with E-state index in [0.29, 0.717) is 11.6 Å². The third kappa shape index (κ3) is 2.89. The van der Waals surface area contributed by atoms with Crippen molar-refractivity contribution in [3.63, 3.8) is 0 Å². The summed E-state index contributed by atoms with van der Waals surface area (Å²) in [6.07, 6.45) is 2.20. The topological polar surface area (TPSA) is 76.2 Å². The number of hydrogen-bond donors (Lipinski definition) is 2. The number of carboxylic acid groups (broad SMARTS) is 1. The Balaban J connectivity index is 2.61. The second-order valence-corrected chi connectivity index (χ2v) is 4.94. The van der Waals surface area contributed by atoms with Crippen LogP contribution in [0.5, 0.6) is 0 Å². The summed E-state index contributed by atoms with van der Waals surface area (Å²) in [6.45, 7) is 1.84. The SMILES string of the molecule is CCC(Sc1cnc(N)s1)C(=O)O. The average molecular weight is 218 g/mol. The summed E-state index contributed by atoms with van der Waals surface area (Å²) in [4.78, 5) is 14.5. The van der Waals surface area contributed by atoms with Gasteiger partial charge in [0.05, 0.1) is 10.4 Å². The molecule has 0 radical (unpaired) electrons. The van der Waals surface area contributed by atoms with Gasteiger partial charge in [0.2, 0.25) is 0 Å². The van der Waals surface area contributed by atoms with Crippen LogP contribution in [-0.4, -0.2) is 21.3 Å². The van der Waals surface area contributed by atoms with Crippen LogP contribution in [0.1, 0.15) is 13.3 Å². The lowest BCUT2D eigenvalue weighted by atomic mass is 10.3. The summed E-state index contributed by atoms with van der Waals surface area (Å²) in [6, 6.07) is 0. The van der Waals surface area contributed by atoms with Gasteiger partial charge in [0.25, 0.3) is 0 Å². The van der Waals surface area contributed by atoms with E-state index in [9.17, 15) is 4.79 Å². The molecule has 1 atom stereocenters. The minimum Gasteiger partial charge on any atom is -0.480 e. The number of aromatic nitrogens is 1. The Morgan fingerprint density at radius 3 is 3.00 bits per heavy atom. The fraction of sp³-hybridized carbons (Fsp3) is 0.429. The zero-order valence-corrected chi connectivity index (χ0v) is 8.69. The summed E-state index contributed by atoms with van der Waals surface area (Å²) >= 11 is 2.61. The van der Waals surface area contributed by atoms with E-state index in [1.807, 2.05) is 6.92 Å². The van der Waals surface area contributed by atoms with E-state index in [-0.39, 0.29) is 0 Å². The predicted octanol–water partition coefficient (Wildman–Crippen LogP) is 1.68. The number of nitrogens with two attached hydrogens (primary N) is 1. The first-order valence-electron chi connectivity index (χ1n) is 3.74. The number of carbonyl (C=O) groups is 1. The normalized spacial score (nSPS) is 12.7. The van der Waals surface area contributed by atoms with Crippen LogP contribution >= 0.6 is 23.1 Å². The first kappa shape index (κ1) is 10.3. The number of nitrogens with zero attached hydrogens (tertiary/aromatic N) is 1. The molecular formula is C7H10N2O2S2. The highest BCUT2D eigenvalue weighted by Crippen LogP contribution is 2.31. The Labute approximate surface area is 84.2 Å². The van der Waals surface area contributed by atoms with Gasteiger partial charge in [-0.25, -0.2) is 4.98 Å². The van der Waals surface area contributed by atoms with Crippen molar-refractivity contribution < 1.29 is 9.90 Å². The van der Waals surface area contributed by atoms with Gasteiger partial charge in [-0.3, -0.25) is 4.79 Å². The number of nitrogen functional groups attached to an aromatic ring is 1. The highest BCUT2D eigenvalue weighted by Gasteiger charge is 2.17. The van der Waals surface area contributed by atoms with Crippen LogP contribution in [0.25, 0.3) is 0 Å². The predicted molar refractivity (Wildman–Crippen MR) is 54.1 cm³/mol. The minimum atomic E-state index is -0.792. The van der Waals surface area contributed by atoms with Gasteiger partial charge in [0.1, 0.15) is 5.25 Å². The van der Waals surface area contributed by atoms with Crippen molar-refractivity contribution in [3.05, 3.63) is 6.20 Å². The van der Waals surface area contributed by atoms with E-state index >= 15 is 0 Å². The Morgan fingerprint density at radius 2 is 2.62 bits per heavy atom. The Bertz CT molecular complexity index is 300. The third-order valence-corrected chi connectivity index (χ3v) is 3.72. The van der Waals surface area contributed by atoms with Gasteiger partial charge < -0.3 is 10.8 Å².